The van der Waals surface area contributed by atoms with Crippen molar-refractivity contribution in [2.75, 3.05) is 11.1 Å². The van der Waals surface area contributed by atoms with Crippen LogP contribution in [0.25, 0.3) is 0 Å². The zero-order valence-corrected chi connectivity index (χ0v) is 10.4. The molecule has 4 nitrogen and oxygen atoms in total. The maximum absolute atomic E-state index is 13.5. The van der Waals surface area contributed by atoms with Crippen LogP contribution in [-0.4, -0.2) is 11.0 Å². The van der Waals surface area contributed by atoms with Crippen molar-refractivity contribution in [3.63, 3.8) is 0 Å². The number of aromatic hydroxyl groups is 1. The first-order chi connectivity index (χ1) is 8.97. The molecule has 0 radical (unpaired) electrons. The lowest BCUT2D eigenvalue weighted by atomic mass is 10.1. The van der Waals surface area contributed by atoms with Crippen molar-refractivity contribution in [3.05, 3.63) is 52.8 Å². The second kappa shape index (κ2) is 5.16. The van der Waals surface area contributed by atoms with Gasteiger partial charge in [0.25, 0.3) is 5.91 Å². The van der Waals surface area contributed by atoms with E-state index in [1.54, 1.807) is 0 Å². The minimum atomic E-state index is -0.653. The Labute approximate surface area is 113 Å². The second-order valence-electron chi connectivity index (χ2n) is 3.85. The third-order valence-electron chi connectivity index (χ3n) is 2.46. The molecule has 0 saturated heterocycles. The number of nitrogen functional groups attached to an aromatic ring is 1. The highest BCUT2D eigenvalue weighted by Gasteiger charge is 2.13. The van der Waals surface area contributed by atoms with Gasteiger partial charge in [-0.05, 0) is 36.4 Å². The van der Waals surface area contributed by atoms with Gasteiger partial charge in [-0.25, -0.2) is 4.39 Å². The summed E-state index contributed by atoms with van der Waals surface area (Å²) in [5.41, 5.74) is 5.85. The minimum absolute atomic E-state index is 0.0165. The molecule has 19 heavy (non-hydrogen) atoms. The van der Waals surface area contributed by atoms with Gasteiger partial charge in [-0.3, -0.25) is 4.79 Å². The Kier molecular flexibility index (Phi) is 3.57. The van der Waals surface area contributed by atoms with Gasteiger partial charge in [0.2, 0.25) is 0 Å². The summed E-state index contributed by atoms with van der Waals surface area (Å²) in [4.78, 5) is 11.9. The molecule has 0 saturated carbocycles. The highest BCUT2D eigenvalue weighted by molar-refractivity contribution is 6.30. The number of hydrogen-bond acceptors (Lipinski definition) is 3. The second-order valence-corrected chi connectivity index (χ2v) is 4.29. The maximum atomic E-state index is 13.5. The zero-order chi connectivity index (χ0) is 14.0. The van der Waals surface area contributed by atoms with E-state index >= 15 is 0 Å². The van der Waals surface area contributed by atoms with Crippen molar-refractivity contribution in [2.45, 2.75) is 0 Å². The molecule has 1 amide bonds. The number of benzene rings is 2. The van der Waals surface area contributed by atoms with Gasteiger partial charge in [0, 0.05) is 10.7 Å². The van der Waals surface area contributed by atoms with Crippen molar-refractivity contribution >= 4 is 28.9 Å². The summed E-state index contributed by atoms with van der Waals surface area (Å²) in [6, 6.07) is 7.83. The third-order valence-corrected chi connectivity index (χ3v) is 2.70. The van der Waals surface area contributed by atoms with Crippen LogP contribution in [0, 0.1) is 5.82 Å². The Bertz CT molecular complexity index is 647. The molecule has 0 fully saturated rings. The number of rotatable bonds is 2. The molecule has 2 rings (SSSR count). The molecular formula is C13H10ClFN2O2. The normalized spacial score (nSPS) is 10.2. The van der Waals surface area contributed by atoms with E-state index in [0.717, 1.165) is 6.07 Å². The van der Waals surface area contributed by atoms with Crippen LogP contribution in [0.3, 0.4) is 0 Å². The molecule has 0 aliphatic carbocycles. The summed E-state index contributed by atoms with van der Waals surface area (Å²) < 4.78 is 13.5. The Morgan fingerprint density at radius 2 is 2.00 bits per heavy atom. The lowest BCUT2D eigenvalue weighted by Gasteiger charge is -2.09. The number of phenolic OH excluding ortho intramolecular Hbond substituents is 1. The van der Waals surface area contributed by atoms with Crippen LogP contribution < -0.4 is 11.1 Å². The summed E-state index contributed by atoms with van der Waals surface area (Å²) >= 11 is 5.61. The van der Waals surface area contributed by atoms with Crippen molar-refractivity contribution in [2.24, 2.45) is 0 Å². The van der Waals surface area contributed by atoms with Crippen molar-refractivity contribution in [3.8, 4) is 5.75 Å². The number of carbonyl (C=O) groups is 1. The lowest BCUT2D eigenvalue weighted by Crippen LogP contribution is -2.14. The fraction of sp³-hybridized carbons (Fsp3) is 0. The lowest BCUT2D eigenvalue weighted by molar-refractivity contribution is 0.102. The topological polar surface area (TPSA) is 75.3 Å². The molecule has 0 aliphatic rings. The Morgan fingerprint density at radius 1 is 1.26 bits per heavy atom. The number of amides is 1. The predicted molar refractivity (Wildman–Crippen MR) is 71.9 cm³/mol. The summed E-state index contributed by atoms with van der Waals surface area (Å²) in [6.07, 6.45) is 0. The number of phenols is 1. The van der Waals surface area contributed by atoms with E-state index in [1.807, 2.05) is 0 Å². The minimum Gasteiger partial charge on any atom is -0.508 e. The van der Waals surface area contributed by atoms with Gasteiger partial charge in [-0.2, -0.15) is 0 Å². The number of nitrogens with one attached hydrogen (secondary N) is 1. The van der Waals surface area contributed by atoms with Gasteiger partial charge < -0.3 is 16.2 Å². The summed E-state index contributed by atoms with van der Waals surface area (Å²) in [5.74, 6) is -1.37. The number of hydrogen-bond donors (Lipinski definition) is 3. The molecule has 0 unspecified atom stereocenters. The Balaban J connectivity index is 2.28. The van der Waals surface area contributed by atoms with E-state index in [4.69, 9.17) is 17.3 Å². The van der Waals surface area contributed by atoms with Crippen molar-refractivity contribution in [1.82, 2.24) is 0 Å². The highest BCUT2D eigenvalue weighted by atomic mass is 35.5. The summed E-state index contributed by atoms with van der Waals surface area (Å²) in [5, 5.41) is 11.9. The molecule has 0 aromatic heterocycles. The maximum Gasteiger partial charge on any atom is 0.257 e. The molecule has 2 aromatic carbocycles. The van der Waals surface area contributed by atoms with Crippen LogP contribution >= 0.6 is 11.6 Å². The molecule has 0 aliphatic heterocycles. The SMILES string of the molecule is Nc1ccc(O)cc1C(=O)Nc1ccc(Cl)cc1F. The first-order valence-electron chi connectivity index (χ1n) is 5.32. The van der Waals surface area contributed by atoms with E-state index < -0.39 is 11.7 Å². The Hall–Kier alpha value is -2.27. The first kappa shape index (κ1) is 13.2. The quantitative estimate of drug-likeness (QED) is 0.585. The van der Waals surface area contributed by atoms with E-state index in [9.17, 15) is 14.3 Å². The average molecular weight is 281 g/mol. The summed E-state index contributed by atoms with van der Waals surface area (Å²) in [7, 11) is 0. The van der Waals surface area contributed by atoms with E-state index in [-0.39, 0.29) is 27.7 Å². The first-order valence-corrected chi connectivity index (χ1v) is 5.70. The molecule has 4 N–H and O–H groups in total. The van der Waals surface area contributed by atoms with E-state index in [0.29, 0.717) is 0 Å². The van der Waals surface area contributed by atoms with Gasteiger partial charge in [-0.1, -0.05) is 11.6 Å². The standard InChI is InChI=1S/C13H10ClFN2O2/c14-7-1-4-12(10(15)5-7)17-13(19)9-6-8(18)2-3-11(9)16/h1-6,18H,16H2,(H,17,19). The molecule has 98 valence electrons. The molecule has 0 bridgehead atoms. The smallest absolute Gasteiger partial charge is 0.257 e. The monoisotopic (exact) mass is 280 g/mol. The number of carbonyl (C=O) groups excluding carboxylic acids is 1. The number of anilines is 2. The fourth-order valence-electron chi connectivity index (χ4n) is 1.52. The van der Waals surface area contributed by atoms with Gasteiger partial charge in [0.1, 0.15) is 11.6 Å². The molecule has 0 heterocycles. The molecule has 0 spiro atoms. The van der Waals surface area contributed by atoms with Gasteiger partial charge in [0.15, 0.2) is 0 Å². The number of halogens is 2. The van der Waals surface area contributed by atoms with Gasteiger partial charge in [0.05, 0.1) is 11.3 Å². The van der Waals surface area contributed by atoms with Gasteiger partial charge in [-0.15, -0.1) is 0 Å². The molecule has 0 atom stereocenters. The average Bonchev–Trinajstić information content (AvgIpc) is 2.35. The summed E-state index contributed by atoms with van der Waals surface area (Å²) in [6.45, 7) is 0. The van der Waals surface area contributed by atoms with Crippen LogP contribution in [0.5, 0.6) is 5.75 Å². The molecule has 2 aromatic rings. The van der Waals surface area contributed by atoms with Crippen LogP contribution in [0.15, 0.2) is 36.4 Å². The molecular weight excluding hydrogens is 271 g/mol. The van der Waals surface area contributed by atoms with Crippen molar-refractivity contribution in [1.29, 1.82) is 0 Å². The third kappa shape index (κ3) is 2.95. The zero-order valence-electron chi connectivity index (χ0n) is 9.65. The molecule has 6 heteroatoms. The van der Waals surface area contributed by atoms with Gasteiger partial charge >= 0.3 is 0 Å². The van der Waals surface area contributed by atoms with E-state index in [2.05, 4.69) is 5.32 Å². The Morgan fingerprint density at radius 3 is 2.68 bits per heavy atom. The van der Waals surface area contributed by atoms with Crippen molar-refractivity contribution < 1.29 is 14.3 Å². The predicted octanol–water partition coefficient (Wildman–Crippen LogP) is 3.02. The fourth-order valence-corrected chi connectivity index (χ4v) is 1.68. The highest BCUT2D eigenvalue weighted by Crippen LogP contribution is 2.22. The van der Waals surface area contributed by atoms with Crippen LogP contribution in [-0.2, 0) is 0 Å². The number of nitrogens with two attached hydrogens (primary N) is 1. The van der Waals surface area contributed by atoms with Crippen LogP contribution in [0.2, 0.25) is 5.02 Å². The van der Waals surface area contributed by atoms with E-state index in [1.165, 1.54) is 30.3 Å². The van der Waals surface area contributed by atoms with Crippen LogP contribution in [0.1, 0.15) is 10.4 Å². The largest absolute Gasteiger partial charge is 0.508 e. The van der Waals surface area contributed by atoms with Crippen LogP contribution in [0.4, 0.5) is 15.8 Å².